The van der Waals surface area contributed by atoms with Gasteiger partial charge in [-0.15, -0.1) is 0 Å². The number of phenolic OH excluding ortho intramolecular Hbond substituents is 1. The summed E-state index contributed by atoms with van der Waals surface area (Å²) in [5, 5.41) is 20.1. The molecule has 0 saturated carbocycles. The minimum absolute atomic E-state index is 0.00917. The van der Waals surface area contributed by atoms with Crippen LogP contribution in [0.4, 0.5) is 5.69 Å². The SMILES string of the molecule is COc1cc(OCC(=O)NNC(=O)c2cccc(O)c2)ccc1[N+](=O)[O-]. The number of nitrogens with zero attached hydrogens (tertiary/aromatic N) is 1. The number of amides is 2. The monoisotopic (exact) mass is 361 g/mol. The lowest BCUT2D eigenvalue weighted by molar-refractivity contribution is -0.385. The topological polar surface area (TPSA) is 140 Å². The number of rotatable bonds is 6. The molecule has 2 rings (SSSR count). The number of phenols is 1. The van der Waals surface area contributed by atoms with E-state index >= 15 is 0 Å². The lowest BCUT2D eigenvalue weighted by Crippen LogP contribution is -2.43. The van der Waals surface area contributed by atoms with Crippen molar-refractivity contribution in [3.63, 3.8) is 0 Å². The predicted octanol–water partition coefficient (Wildman–Crippen LogP) is 1.15. The van der Waals surface area contributed by atoms with Gasteiger partial charge in [-0.1, -0.05) is 6.07 Å². The largest absolute Gasteiger partial charge is 0.508 e. The van der Waals surface area contributed by atoms with E-state index in [0.717, 1.165) is 0 Å². The molecule has 136 valence electrons. The quantitative estimate of drug-likeness (QED) is 0.518. The molecule has 0 spiro atoms. The Labute approximate surface area is 147 Å². The van der Waals surface area contributed by atoms with E-state index in [1.54, 1.807) is 0 Å². The number of benzene rings is 2. The van der Waals surface area contributed by atoms with Crippen molar-refractivity contribution in [3.8, 4) is 17.2 Å². The summed E-state index contributed by atoms with van der Waals surface area (Å²) in [6.45, 7) is -0.443. The second kappa shape index (κ2) is 8.33. The molecule has 2 aromatic rings. The summed E-state index contributed by atoms with van der Waals surface area (Å²) in [6, 6.07) is 9.37. The Morgan fingerprint density at radius 3 is 2.62 bits per heavy atom. The molecule has 0 atom stereocenters. The zero-order valence-electron chi connectivity index (χ0n) is 13.6. The Morgan fingerprint density at radius 1 is 1.19 bits per heavy atom. The number of nitrogens with one attached hydrogen (secondary N) is 2. The Hall–Kier alpha value is -3.82. The number of carbonyl (C=O) groups is 2. The molecular weight excluding hydrogens is 346 g/mol. The second-order valence-corrected chi connectivity index (χ2v) is 4.93. The lowest BCUT2D eigenvalue weighted by Gasteiger charge is -2.10. The van der Waals surface area contributed by atoms with Crippen LogP contribution in [0.3, 0.4) is 0 Å². The number of hydrazine groups is 1. The summed E-state index contributed by atoms with van der Waals surface area (Å²) in [7, 11) is 1.27. The lowest BCUT2D eigenvalue weighted by atomic mass is 10.2. The van der Waals surface area contributed by atoms with Gasteiger partial charge in [0.15, 0.2) is 6.61 Å². The van der Waals surface area contributed by atoms with Crippen molar-refractivity contribution in [2.45, 2.75) is 0 Å². The van der Waals surface area contributed by atoms with E-state index in [9.17, 15) is 24.8 Å². The highest BCUT2D eigenvalue weighted by Gasteiger charge is 2.16. The van der Waals surface area contributed by atoms with Crippen LogP contribution >= 0.6 is 0 Å². The molecule has 10 heteroatoms. The number of carbonyl (C=O) groups excluding carboxylic acids is 2. The molecule has 26 heavy (non-hydrogen) atoms. The first-order valence-electron chi connectivity index (χ1n) is 7.24. The molecule has 0 heterocycles. The van der Waals surface area contributed by atoms with Crippen LogP contribution in [0.1, 0.15) is 10.4 Å². The molecule has 0 radical (unpaired) electrons. The van der Waals surface area contributed by atoms with Gasteiger partial charge in [0.25, 0.3) is 11.8 Å². The molecule has 2 amide bonds. The highest BCUT2D eigenvalue weighted by Crippen LogP contribution is 2.30. The molecule has 0 aliphatic rings. The summed E-state index contributed by atoms with van der Waals surface area (Å²) in [5.74, 6) is -1.19. The van der Waals surface area contributed by atoms with Crippen molar-refractivity contribution in [1.29, 1.82) is 0 Å². The third-order valence-electron chi connectivity index (χ3n) is 3.14. The number of aromatic hydroxyl groups is 1. The van der Waals surface area contributed by atoms with Gasteiger partial charge in [-0.3, -0.25) is 30.6 Å². The van der Waals surface area contributed by atoms with Crippen LogP contribution < -0.4 is 20.3 Å². The van der Waals surface area contributed by atoms with Crippen molar-refractivity contribution in [2.75, 3.05) is 13.7 Å². The molecule has 0 bridgehead atoms. The normalized spacial score (nSPS) is 9.88. The van der Waals surface area contributed by atoms with Crippen LogP contribution in [0.25, 0.3) is 0 Å². The zero-order valence-corrected chi connectivity index (χ0v) is 13.6. The summed E-state index contributed by atoms with van der Waals surface area (Å²) in [5.41, 5.74) is 4.23. The number of ether oxygens (including phenoxy) is 2. The minimum atomic E-state index is -0.657. The van der Waals surface area contributed by atoms with Crippen molar-refractivity contribution in [2.24, 2.45) is 0 Å². The van der Waals surface area contributed by atoms with Gasteiger partial charge in [-0.25, -0.2) is 0 Å². The van der Waals surface area contributed by atoms with Crippen LogP contribution in [0.5, 0.6) is 17.2 Å². The fourth-order valence-corrected chi connectivity index (χ4v) is 1.93. The Bertz CT molecular complexity index is 838. The maximum atomic E-state index is 11.8. The number of nitro groups is 1. The van der Waals surface area contributed by atoms with E-state index in [0.29, 0.717) is 0 Å². The molecule has 0 aliphatic carbocycles. The van der Waals surface area contributed by atoms with E-state index in [1.165, 1.54) is 49.6 Å². The van der Waals surface area contributed by atoms with E-state index < -0.39 is 23.3 Å². The van der Waals surface area contributed by atoms with Crippen molar-refractivity contribution < 1.29 is 29.1 Å². The number of hydrogen-bond acceptors (Lipinski definition) is 7. The van der Waals surface area contributed by atoms with Gasteiger partial charge in [0.05, 0.1) is 12.0 Å². The molecule has 10 nitrogen and oxygen atoms in total. The smallest absolute Gasteiger partial charge is 0.311 e. The first-order chi connectivity index (χ1) is 12.4. The van der Waals surface area contributed by atoms with Crippen molar-refractivity contribution in [3.05, 3.63) is 58.1 Å². The van der Waals surface area contributed by atoms with E-state index in [-0.39, 0.29) is 28.5 Å². The molecular formula is C16H15N3O7. The molecule has 0 fully saturated rings. The van der Waals surface area contributed by atoms with Gasteiger partial charge in [0.1, 0.15) is 11.5 Å². The van der Waals surface area contributed by atoms with Crippen LogP contribution in [0, 0.1) is 10.1 Å². The molecule has 3 N–H and O–H groups in total. The van der Waals surface area contributed by atoms with Crippen molar-refractivity contribution >= 4 is 17.5 Å². The Morgan fingerprint density at radius 2 is 1.96 bits per heavy atom. The third kappa shape index (κ3) is 4.84. The molecule has 0 unspecified atom stereocenters. The third-order valence-corrected chi connectivity index (χ3v) is 3.14. The summed E-state index contributed by atoms with van der Waals surface area (Å²) in [6.07, 6.45) is 0. The second-order valence-electron chi connectivity index (χ2n) is 4.93. The fourth-order valence-electron chi connectivity index (χ4n) is 1.93. The predicted molar refractivity (Wildman–Crippen MR) is 88.9 cm³/mol. The number of nitro benzene ring substituents is 1. The van der Waals surface area contributed by atoms with Gasteiger partial charge in [-0.05, 0) is 24.3 Å². The van der Waals surface area contributed by atoms with Crippen LogP contribution in [-0.2, 0) is 4.79 Å². The van der Waals surface area contributed by atoms with Crippen LogP contribution in [0.15, 0.2) is 42.5 Å². The van der Waals surface area contributed by atoms with E-state index in [2.05, 4.69) is 10.9 Å². The Balaban J connectivity index is 1.87. The molecule has 0 saturated heterocycles. The van der Waals surface area contributed by atoms with Gasteiger partial charge in [0.2, 0.25) is 5.75 Å². The van der Waals surface area contributed by atoms with Crippen LogP contribution in [-0.4, -0.2) is 35.6 Å². The maximum absolute atomic E-state index is 11.8. The van der Waals surface area contributed by atoms with Gasteiger partial charge < -0.3 is 14.6 Å². The van der Waals surface area contributed by atoms with Gasteiger partial charge >= 0.3 is 5.69 Å². The van der Waals surface area contributed by atoms with Gasteiger partial charge in [-0.2, -0.15) is 0 Å². The summed E-state index contributed by atoms with van der Waals surface area (Å²) < 4.78 is 10.1. The maximum Gasteiger partial charge on any atom is 0.311 e. The average Bonchev–Trinajstić information content (AvgIpc) is 2.63. The zero-order chi connectivity index (χ0) is 19.1. The molecule has 0 aliphatic heterocycles. The first-order valence-corrected chi connectivity index (χ1v) is 7.24. The first kappa shape index (κ1) is 18.5. The van der Waals surface area contributed by atoms with Crippen LogP contribution in [0.2, 0.25) is 0 Å². The summed E-state index contributed by atoms with van der Waals surface area (Å²) >= 11 is 0. The Kier molecular flexibility index (Phi) is 5.93. The highest BCUT2D eigenvalue weighted by molar-refractivity contribution is 5.95. The molecule has 2 aromatic carbocycles. The van der Waals surface area contributed by atoms with Crippen molar-refractivity contribution in [1.82, 2.24) is 10.9 Å². The minimum Gasteiger partial charge on any atom is -0.508 e. The molecule has 0 aromatic heterocycles. The number of hydrogen-bond donors (Lipinski definition) is 3. The standard InChI is InChI=1S/C16H15N3O7/c1-25-14-8-12(5-6-13(14)19(23)24)26-9-15(21)17-18-16(22)10-3-2-4-11(20)7-10/h2-8,20H,9H2,1H3,(H,17,21)(H,18,22). The van der Waals surface area contributed by atoms with E-state index in [1.807, 2.05) is 0 Å². The fraction of sp³-hybridized carbons (Fsp3) is 0.125. The van der Waals surface area contributed by atoms with Gasteiger partial charge in [0, 0.05) is 17.7 Å². The number of methoxy groups -OCH3 is 1. The highest BCUT2D eigenvalue weighted by atomic mass is 16.6. The summed E-state index contributed by atoms with van der Waals surface area (Å²) in [4.78, 5) is 33.7. The average molecular weight is 361 g/mol. The van der Waals surface area contributed by atoms with E-state index in [4.69, 9.17) is 9.47 Å².